The monoisotopic (exact) mass is 273 g/mol. The number of hydrogen-bond acceptors (Lipinski definition) is 4. The van der Waals surface area contributed by atoms with Crippen molar-refractivity contribution in [1.82, 2.24) is 14.3 Å². The van der Waals surface area contributed by atoms with Crippen LogP contribution in [-0.4, -0.2) is 36.2 Å². The first-order valence-electron chi connectivity index (χ1n) is 6.03. The average molecular weight is 273 g/mol. The van der Waals surface area contributed by atoms with Crippen molar-refractivity contribution in [2.75, 3.05) is 13.2 Å². The van der Waals surface area contributed by atoms with E-state index in [1.807, 2.05) is 13.8 Å². The van der Waals surface area contributed by atoms with Gasteiger partial charge in [0.25, 0.3) is 10.0 Å². The Bertz CT molecular complexity index is 517. The minimum Gasteiger partial charge on any atom is -0.396 e. The Kier molecular flexibility index (Phi) is 3.48. The van der Waals surface area contributed by atoms with E-state index in [4.69, 9.17) is 5.11 Å². The molecule has 2 N–H and O–H groups in total. The lowest BCUT2D eigenvalue weighted by atomic mass is 10.1. The van der Waals surface area contributed by atoms with Crippen LogP contribution in [0.2, 0.25) is 0 Å². The fraction of sp³-hybridized carbons (Fsp3) is 0.727. The van der Waals surface area contributed by atoms with E-state index in [9.17, 15) is 8.42 Å². The summed E-state index contributed by atoms with van der Waals surface area (Å²) in [6, 6.07) is 0.175. The molecule has 1 aliphatic carbocycles. The van der Waals surface area contributed by atoms with Crippen molar-refractivity contribution < 1.29 is 13.5 Å². The molecular formula is C11H19N3O3S. The van der Waals surface area contributed by atoms with Gasteiger partial charge in [-0.25, -0.2) is 18.1 Å². The van der Waals surface area contributed by atoms with E-state index in [0.717, 1.165) is 12.8 Å². The largest absolute Gasteiger partial charge is 0.396 e. The Morgan fingerprint density at radius 2 is 2.22 bits per heavy atom. The van der Waals surface area contributed by atoms with Crippen molar-refractivity contribution in [2.24, 2.45) is 5.41 Å². The second-order valence-corrected chi connectivity index (χ2v) is 6.95. The highest BCUT2D eigenvalue weighted by molar-refractivity contribution is 7.89. The van der Waals surface area contributed by atoms with Crippen molar-refractivity contribution >= 4 is 10.0 Å². The van der Waals surface area contributed by atoms with E-state index in [1.165, 1.54) is 12.5 Å². The number of imidazole rings is 1. The third kappa shape index (κ3) is 2.73. The fourth-order valence-electron chi connectivity index (χ4n) is 1.63. The molecule has 0 aliphatic heterocycles. The first-order chi connectivity index (χ1) is 8.38. The maximum atomic E-state index is 12.0. The Labute approximate surface area is 107 Å². The third-order valence-electron chi connectivity index (χ3n) is 3.38. The van der Waals surface area contributed by atoms with Gasteiger partial charge >= 0.3 is 0 Å². The lowest BCUT2D eigenvalue weighted by Crippen LogP contribution is -2.32. The lowest BCUT2D eigenvalue weighted by Gasteiger charge is -2.11. The summed E-state index contributed by atoms with van der Waals surface area (Å²) in [6.07, 6.45) is 4.77. The lowest BCUT2D eigenvalue weighted by molar-refractivity contribution is 0.213. The van der Waals surface area contributed by atoms with E-state index < -0.39 is 10.0 Å². The maximum Gasteiger partial charge on any atom is 0.259 e. The molecule has 0 bridgehead atoms. The van der Waals surface area contributed by atoms with Crippen LogP contribution in [0.5, 0.6) is 0 Å². The highest BCUT2D eigenvalue weighted by Gasteiger charge is 2.42. The molecule has 18 heavy (non-hydrogen) atoms. The summed E-state index contributed by atoms with van der Waals surface area (Å²) in [5.74, 6) is 0. The second-order valence-electron chi connectivity index (χ2n) is 5.24. The zero-order chi connectivity index (χ0) is 13.4. The van der Waals surface area contributed by atoms with Crippen molar-refractivity contribution in [3.8, 4) is 0 Å². The highest BCUT2D eigenvalue weighted by Crippen LogP contribution is 2.44. The molecule has 1 aliphatic rings. The molecule has 6 nitrogen and oxygen atoms in total. The fourth-order valence-corrected chi connectivity index (χ4v) is 2.72. The zero-order valence-corrected chi connectivity index (χ0v) is 11.4. The van der Waals surface area contributed by atoms with Crippen LogP contribution in [0, 0.1) is 5.41 Å². The molecule has 1 fully saturated rings. The van der Waals surface area contributed by atoms with Crippen LogP contribution in [0.1, 0.15) is 32.7 Å². The number of nitrogens with one attached hydrogen (secondary N) is 1. The van der Waals surface area contributed by atoms with E-state index >= 15 is 0 Å². The van der Waals surface area contributed by atoms with Gasteiger partial charge in [0.2, 0.25) is 0 Å². The van der Waals surface area contributed by atoms with Gasteiger partial charge in [-0.2, -0.15) is 0 Å². The Morgan fingerprint density at radius 3 is 2.67 bits per heavy atom. The first kappa shape index (κ1) is 13.5. The summed E-state index contributed by atoms with van der Waals surface area (Å²) < 4.78 is 28.2. The van der Waals surface area contributed by atoms with Gasteiger partial charge < -0.3 is 9.67 Å². The van der Waals surface area contributed by atoms with Crippen LogP contribution in [0.15, 0.2) is 17.6 Å². The van der Waals surface area contributed by atoms with Crippen LogP contribution in [0.3, 0.4) is 0 Å². The molecule has 102 valence electrons. The van der Waals surface area contributed by atoms with E-state index in [2.05, 4.69) is 9.71 Å². The smallest absolute Gasteiger partial charge is 0.259 e. The maximum absolute atomic E-state index is 12.0. The third-order valence-corrected chi connectivity index (χ3v) is 4.66. The van der Waals surface area contributed by atoms with Gasteiger partial charge in [0, 0.05) is 30.8 Å². The summed E-state index contributed by atoms with van der Waals surface area (Å²) in [5.41, 5.74) is -0.242. The van der Waals surface area contributed by atoms with Gasteiger partial charge in [-0.3, -0.25) is 0 Å². The van der Waals surface area contributed by atoms with E-state index in [1.54, 1.807) is 4.57 Å². The number of sulfonamides is 1. The molecule has 0 atom stereocenters. The Morgan fingerprint density at radius 1 is 1.56 bits per heavy atom. The molecule has 0 radical (unpaired) electrons. The highest BCUT2D eigenvalue weighted by atomic mass is 32.2. The van der Waals surface area contributed by atoms with Crippen LogP contribution in [0.4, 0.5) is 0 Å². The van der Waals surface area contributed by atoms with Gasteiger partial charge in [-0.1, -0.05) is 0 Å². The van der Waals surface area contributed by atoms with Gasteiger partial charge in [0.05, 0.1) is 6.33 Å². The number of nitrogens with zero attached hydrogens (tertiary/aromatic N) is 2. The van der Waals surface area contributed by atoms with Crippen LogP contribution in [0.25, 0.3) is 0 Å². The van der Waals surface area contributed by atoms with Gasteiger partial charge in [-0.05, 0) is 26.7 Å². The molecule has 7 heteroatoms. The van der Waals surface area contributed by atoms with Crippen molar-refractivity contribution in [3.63, 3.8) is 0 Å². The van der Waals surface area contributed by atoms with Crippen LogP contribution in [-0.2, 0) is 10.0 Å². The predicted octanol–water partition coefficient (Wildman–Crippen LogP) is 0.515. The van der Waals surface area contributed by atoms with Crippen molar-refractivity contribution in [3.05, 3.63) is 12.5 Å². The molecule has 0 spiro atoms. The Balaban J connectivity index is 2.05. The summed E-state index contributed by atoms with van der Waals surface area (Å²) in [7, 11) is -3.57. The van der Waals surface area contributed by atoms with Crippen molar-refractivity contribution in [2.45, 2.75) is 37.8 Å². The van der Waals surface area contributed by atoms with Crippen molar-refractivity contribution in [1.29, 1.82) is 0 Å². The summed E-state index contributed by atoms with van der Waals surface area (Å²) >= 11 is 0. The minimum atomic E-state index is -3.57. The normalized spacial score (nSPS) is 18.2. The number of rotatable bonds is 6. The first-order valence-corrected chi connectivity index (χ1v) is 7.51. The average Bonchev–Trinajstić information content (AvgIpc) is 2.91. The van der Waals surface area contributed by atoms with Gasteiger partial charge in [0.15, 0.2) is 5.03 Å². The summed E-state index contributed by atoms with van der Waals surface area (Å²) in [5, 5.41) is 9.18. The molecule has 1 aromatic rings. The van der Waals surface area contributed by atoms with Crippen LogP contribution < -0.4 is 4.72 Å². The summed E-state index contributed by atoms with van der Waals surface area (Å²) in [6.45, 7) is 4.21. The molecule has 0 saturated heterocycles. The van der Waals surface area contributed by atoms with E-state index in [0.29, 0.717) is 0 Å². The molecule has 1 aromatic heterocycles. The zero-order valence-electron chi connectivity index (χ0n) is 10.6. The minimum absolute atomic E-state index is 0.0238. The molecule has 0 aromatic carbocycles. The van der Waals surface area contributed by atoms with E-state index in [-0.39, 0.29) is 29.6 Å². The molecule has 0 unspecified atom stereocenters. The number of aliphatic hydroxyl groups is 1. The topological polar surface area (TPSA) is 84.2 Å². The number of hydrogen-bond donors (Lipinski definition) is 2. The Hall–Kier alpha value is -0.920. The summed E-state index contributed by atoms with van der Waals surface area (Å²) in [4.78, 5) is 3.91. The predicted molar refractivity (Wildman–Crippen MR) is 66.6 cm³/mol. The quantitative estimate of drug-likeness (QED) is 0.791. The molecular weight excluding hydrogens is 254 g/mol. The van der Waals surface area contributed by atoms with Gasteiger partial charge in [-0.15, -0.1) is 0 Å². The molecule has 0 amide bonds. The number of aliphatic hydroxyl groups excluding tert-OH is 1. The SMILES string of the molecule is CC(C)n1cnc(S(=O)(=O)NCC2(CO)CC2)c1. The van der Waals surface area contributed by atoms with Gasteiger partial charge in [0.1, 0.15) is 0 Å². The standard InChI is InChI=1S/C11H19N3O3S/c1-9(2)14-5-10(12-8-14)18(16,17)13-6-11(7-15)3-4-11/h5,8-9,13,15H,3-4,6-7H2,1-2H3. The molecule has 1 saturated carbocycles. The second kappa shape index (κ2) is 4.64. The molecule has 1 heterocycles. The number of aromatic nitrogens is 2. The van der Waals surface area contributed by atoms with Crippen LogP contribution >= 0.6 is 0 Å². The molecule has 2 rings (SSSR count).